The van der Waals surface area contributed by atoms with Gasteiger partial charge in [-0.2, -0.15) is 0 Å². The van der Waals surface area contributed by atoms with E-state index in [0.717, 1.165) is 22.3 Å². The second-order valence-electron chi connectivity index (χ2n) is 2.68. The Kier molecular flexibility index (Phi) is 2.10. The molecule has 1 aromatic heterocycles. The Morgan fingerprint density at radius 2 is 2.38 bits per heavy atom. The third-order valence-corrected chi connectivity index (χ3v) is 2.27. The number of ether oxygens (including phenoxy) is 1. The summed E-state index contributed by atoms with van der Waals surface area (Å²) in [5.41, 5.74) is 2.80. The molecule has 0 atom stereocenters. The van der Waals surface area contributed by atoms with Crippen molar-refractivity contribution in [3.05, 3.63) is 24.0 Å². The minimum atomic E-state index is 0.408. The maximum atomic E-state index is 5.81. The highest BCUT2D eigenvalue weighted by molar-refractivity contribution is 6.18. The molecule has 0 bridgehead atoms. The van der Waals surface area contributed by atoms with Gasteiger partial charge in [-0.05, 0) is 12.1 Å². The van der Waals surface area contributed by atoms with E-state index in [0.29, 0.717) is 5.88 Å². The summed E-state index contributed by atoms with van der Waals surface area (Å²) in [5, 5.41) is 0. The molecule has 1 heterocycles. The Hall–Kier alpha value is -1.22. The highest BCUT2D eigenvalue weighted by Crippen LogP contribution is 2.26. The summed E-state index contributed by atoms with van der Waals surface area (Å²) in [6.07, 6.45) is 1.65. The SMILES string of the molecule is COc1ccc2[nH]cnc2c1CCl. The quantitative estimate of drug-likeness (QED) is 0.749. The number of imidazole rings is 1. The molecule has 0 saturated carbocycles. The molecule has 0 unspecified atom stereocenters. The zero-order chi connectivity index (χ0) is 9.26. The maximum Gasteiger partial charge on any atom is 0.125 e. The number of hydrogen-bond acceptors (Lipinski definition) is 2. The van der Waals surface area contributed by atoms with Crippen molar-refractivity contribution in [2.24, 2.45) is 0 Å². The number of methoxy groups -OCH3 is 1. The second-order valence-corrected chi connectivity index (χ2v) is 2.95. The van der Waals surface area contributed by atoms with E-state index < -0.39 is 0 Å². The van der Waals surface area contributed by atoms with E-state index in [1.54, 1.807) is 13.4 Å². The van der Waals surface area contributed by atoms with Crippen LogP contribution in [0.3, 0.4) is 0 Å². The van der Waals surface area contributed by atoms with E-state index in [9.17, 15) is 0 Å². The average Bonchev–Trinajstić information content (AvgIpc) is 2.63. The second kappa shape index (κ2) is 3.26. The number of nitrogens with zero attached hydrogens (tertiary/aromatic N) is 1. The molecule has 0 saturated heterocycles. The molecule has 3 nitrogen and oxygen atoms in total. The molecule has 0 fully saturated rings. The Morgan fingerprint density at radius 1 is 1.54 bits per heavy atom. The van der Waals surface area contributed by atoms with Crippen LogP contribution in [-0.2, 0) is 5.88 Å². The van der Waals surface area contributed by atoms with Gasteiger partial charge in [0, 0.05) is 5.56 Å². The first-order valence-electron chi connectivity index (χ1n) is 3.91. The van der Waals surface area contributed by atoms with Gasteiger partial charge in [-0.3, -0.25) is 0 Å². The van der Waals surface area contributed by atoms with Crippen molar-refractivity contribution in [1.82, 2.24) is 9.97 Å². The van der Waals surface area contributed by atoms with Crippen LogP contribution in [-0.4, -0.2) is 17.1 Å². The van der Waals surface area contributed by atoms with Gasteiger partial charge in [0.1, 0.15) is 5.75 Å². The molecule has 0 aliphatic heterocycles. The van der Waals surface area contributed by atoms with E-state index in [1.807, 2.05) is 12.1 Å². The van der Waals surface area contributed by atoms with Crippen molar-refractivity contribution in [1.29, 1.82) is 0 Å². The predicted molar refractivity (Wildman–Crippen MR) is 52.2 cm³/mol. The Balaban J connectivity index is 2.74. The maximum absolute atomic E-state index is 5.81. The minimum absolute atomic E-state index is 0.408. The molecule has 0 amide bonds. The van der Waals surface area contributed by atoms with Crippen molar-refractivity contribution in [2.75, 3.05) is 7.11 Å². The molecule has 0 spiro atoms. The first-order chi connectivity index (χ1) is 6.36. The van der Waals surface area contributed by atoms with Gasteiger partial charge in [0.25, 0.3) is 0 Å². The lowest BCUT2D eigenvalue weighted by atomic mass is 10.2. The number of alkyl halides is 1. The van der Waals surface area contributed by atoms with Crippen LogP contribution in [0, 0.1) is 0 Å². The average molecular weight is 197 g/mol. The largest absolute Gasteiger partial charge is 0.496 e. The van der Waals surface area contributed by atoms with E-state index in [4.69, 9.17) is 16.3 Å². The Morgan fingerprint density at radius 3 is 3.08 bits per heavy atom. The summed E-state index contributed by atoms with van der Waals surface area (Å²) in [4.78, 5) is 7.20. The summed E-state index contributed by atoms with van der Waals surface area (Å²) in [6.45, 7) is 0. The highest BCUT2D eigenvalue weighted by atomic mass is 35.5. The zero-order valence-electron chi connectivity index (χ0n) is 7.17. The number of H-pyrrole nitrogens is 1. The van der Waals surface area contributed by atoms with Gasteiger partial charge in [-0.1, -0.05) is 0 Å². The van der Waals surface area contributed by atoms with Gasteiger partial charge in [0.15, 0.2) is 0 Å². The molecular weight excluding hydrogens is 188 g/mol. The first-order valence-corrected chi connectivity index (χ1v) is 4.45. The fourth-order valence-electron chi connectivity index (χ4n) is 1.37. The molecule has 2 aromatic rings. The fraction of sp³-hybridized carbons (Fsp3) is 0.222. The summed E-state index contributed by atoms with van der Waals surface area (Å²) in [6, 6.07) is 3.81. The third kappa shape index (κ3) is 1.25. The van der Waals surface area contributed by atoms with Crippen molar-refractivity contribution >= 4 is 22.6 Å². The number of hydrogen-bond donors (Lipinski definition) is 1. The van der Waals surface area contributed by atoms with Crippen LogP contribution in [0.15, 0.2) is 18.5 Å². The first kappa shape index (κ1) is 8.38. The molecule has 2 rings (SSSR count). The predicted octanol–water partition coefficient (Wildman–Crippen LogP) is 2.31. The monoisotopic (exact) mass is 196 g/mol. The third-order valence-electron chi connectivity index (χ3n) is 2.01. The van der Waals surface area contributed by atoms with E-state index in [2.05, 4.69) is 9.97 Å². The Bertz CT molecular complexity index is 424. The zero-order valence-corrected chi connectivity index (χ0v) is 7.93. The van der Waals surface area contributed by atoms with E-state index in [1.165, 1.54) is 0 Å². The molecular formula is C9H9ClN2O. The molecule has 1 aromatic carbocycles. The van der Waals surface area contributed by atoms with Crippen LogP contribution < -0.4 is 4.74 Å². The van der Waals surface area contributed by atoms with Crippen LogP contribution in [0.5, 0.6) is 5.75 Å². The van der Waals surface area contributed by atoms with Gasteiger partial charge in [-0.15, -0.1) is 11.6 Å². The smallest absolute Gasteiger partial charge is 0.125 e. The van der Waals surface area contributed by atoms with Gasteiger partial charge in [0.05, 0.1) is 30.4 Å². The van der Waals surface area contributed by atoms with Crippen molar-refractivity contribution < 1.29 is 4.74 Å². The number of nitrogens with one attached hydrogen (secondary N) is 1. The Labute approximate surface area is 80.7 Å². The van der Waals surface area contributed by atoms with Crippen molar-refractivity contribution in [3.63, 3.8) is 0 Å². The van der Waals surface area contributed by atoms with Crippen LogP contribution in [0.1, 0.15) is 5.56 Å². The lowest BCUT2D eigenvalue weighted by molar-refractivity contribution is 0.412. The lowest BCUT2D eigenvalue weighted by Gasteiger charge is -2.05. The fourth-order valence-corrected chi connectivity index (χ4v) is 1.63. The number of rotatable bonds is 2. The summed E-state index contributed by atoms with van der Waals surface area (Å²) < 4.78 is 5.18. The van der Waals surface area contributed by atoms with Crippen LogP contribution in [0.4, 0.5) is 0 Å². The summed E-state index contributed by atoms with van der Waals surface area (Å²) in [7, 11) is 1.63. The molecule has 0 aliphatic carbocycles. The van der Waals surface area contributed by atoms with Gasteiger partial charge < -0.3 is 9.72 Å². The van der Waals surface area contributed by atoms with Gasteiger partial charge in [0.2, 0.25) is 0 Å². The highest BCUT2D eigenvalue weighted by Gasteiger charge is 2.08. The molecule has 13 heavy (non-hydrogen) atoms. The van der Waals surface area contributed by atoms with E-state index in [-0.39, 0.29) is 0 Å². The molecule has 4 heteroatoms. The number of aromatic amines is 1. The van der Waals surface area contributed by atoms with Crippen molar-refractivity contribution in [3.8, 4) is 5.75 Å². The minimum Gasteiger partial charge on any atom is -0.496 e. The van der Waals surface area contributed by atoms with Crippen LogP contribution in [0.2, 0.25) is 0 Å². The van der Waals surface area contributed by atoms with Gasteiger partial charge >= 0.3 is 0 Å². The van der Waals surface area contributed by atoms with Crippen LogP contribution in [0.25, 0.3) is 11.0 Å². The van der Waals surface area contributed by atoms with Gasteiger partial charge in [-0.25, -0.2) is 4.98 Å². The standard InChI is InChI=1S/C9H9ClN2O/c1-13-8-3-2-7-9(6(8)4-10)12-5-11-7/h2-3,5H,4H2,1H3,(H,11,12). The number of aromatic nitrogens is 2. The topological polar surface area (TPSA) is 37.9 Å². The van der Waals surface area contributed by atoms with Crippen molar-refractivity contribution in [2.45, 2.75) is 5.88 Å². The molecule has 0 aliphatic rings. The normalized spacial score (nSPS) is 10.6. The molecule has 1 N–H and O–H groups in total. The van der Waals surface area contributed by atoms with E-state index >= 15 is 0 Å². The number of halogens is 1. The van der Waals surface area contributed by atoms with Crippen LogP contribution >= 0.6 is 11.6 Å². The number of fused-ring (bicyclic) bond motifs is 1. The lowest BCUT2D eigenvalue weighted by Crippen LogP contribution is -1.90. The molecule has 0 radical (unpaired) electrons. The summed E-state index contributed by atoms with van der Waals surface area (Å²) in [5.74, 6) is 1.19. The summed E-state index contributed by atoms with van der Waals surface area (Å²) >= 11 is 5.81. The molecule has 68 valence electrons. The number of benzene rings is 1.